The SMILES string of the molecule is CN1CCC(c2cnc3ccc(C(=O)Nc4ccc5ncccc5c4)[nH]c2-3)CC1. The fourth-order valence-corrected chi connectivity index (χ4v) is 4.13. The number of likely N-dealkylation sites (tertiary alicyclic amines) is 1. The first-order valence-corrected chi connectivity index (χ1v) is 10.00. The smallest absolute Gasteiger partial charge is 0.272 e. The van der Waals surface area contributed by atoms with Crippen LogP contribution in [0.2, 0.25) is 0 Å². The van der Waals surface area contributed by atoms with Crippen LogP contribution in [0.3, 0.4) is 0 Å². The number of benzene rings is 1. The number of carbonyl (C=O) groups excluding carboxylic acids is 1. The van der Waals surface area contributed by atoms with Crippen molar-refractivity contribution in [3.8, 4) is 11.4 Å². The van der Waals surface area contributed by atoms with Gasteiger partial charge in [-0.05, 0) is 80.9 Å². The Morgan fingerprint density at radius 2 is 2.00 bits per heavy atom. The van der Waals surface area contributed by atoms with Crippen LogP contribution in [-0.4, -0.2) is 45.9 Å². The Kier molecular flexibility index (Phi) is 4.48. The largest absolute Gasteiger partial charge is 0.349 e. The second-order valence-electron chi connectivity index (χ2n) is 7.79. The minimum Gasteiger partial charge on any atom is -0.349 e. The molecule has 2 aromatic rings. The monoisotopic (exact) mass is 385 g/mol. The van der Waals surface area contributed by atoms with Crippen LogP contribution in [0.5, 0.6) is 0 Å². The van der Waals surface area contributed by atoms with Gasteiger partial charge in [0.25, 0.3) is 5.91 Å². The number of piperidine rings is 1. The van der Waals surface area contributed by atoms with Gasteiger partial charge < -0.3 is 15.2 Å². The highest BCUT2D eigenvalue weighted by molar-refractivity contribution is 6.04. The van der Waals surface area contributed by atoms with Crippen molar-refractivity contribution in [1.82, 2.24) is 19.9 Å². The third-order valence-corrected chi connectivity index (χ3v) is 5.82. The lowest BCUT2D eigenvalue weighted by Gasteiger charge is -2.29. The molecule has 3 aliphatic heterocycles. The van der Waals surface area contributed by atoms with Crippen LogP contribution in [0.15, 0.2) is 54.9 Å². The van der Waals surface area contributed by atoms with E-state index in [9.17, 15) is 4.79 Å². The van der Waals surface area contributed by atoms with Crippen LogP contribution in [0.4, 0.5) is 5.69 Å². The van der Waals surface area contributed by atoms with Gasteiger partial charge in [0.15, 0.2) is 0 Å². The summed E-state index contributed by atoms with van der Waals surface area (Å²) in [7, 11) is 2.16. The Morgan fingerprint density at radius 3 is 2.86 bits per heavy atom. The Bertz CT molecular complexity index is 1140. The molecule has 0 saturated carbocycles. The van der Waals surface area contributed by atoms with Gasteiger partial charge >= 0.3 is 0 Å². The number of anilines is 1. The second kappa shape index (κ2) is 7.29. The predicted molar refractivity (Wildman–Crippen MR) is 114 cm³/mol. The van der Waals surface area contributed by atoms with E-state index in [2.05, 4.69) is 32.2 Å². The minimum atomic E-state index is -0.161. The van der Waals surface area contributed by atoms with E-state index in [4.69, 9.17) is 0 Å². The number of carbonyl (C=O) groups is 1. The van der Waals surface area contributed by atoms with Crippen molar-refractivity contribution in [1.29, 1.82) is 0 Å². The van der Waals surface area contributed by atoms with Crippen LogP contribution in [-0.2, 0) is 0 Å². The summed E-state index contributed by atoms with van der Waals surface area (Å²) in [5, 5.41) is 3.98. The van der Waals surface area contributed by atoms with Gasteiger partial charge in [-0.3, -0.25) is 14.8 Å². The summed E-state index contributed by atoms with van der Waals surface area (Å²) in [5.41, 5.74) is 5.30. The summed E-state index contributed by atoms with van der Waals surface area (Å²) in [4.78, 5) is 27.4. The molecule has 1 aromatic carbocycles. The van der Waals surface area contributed by atoms with Gasteiger partial charge in [-0.1, -0.05) is 6.07 Å². The average molecular weight is 385 g/mol. The molecule has 1 fully saturated rings. The Labute approximate surface area is 169 Å². The lowest BCUT2D eigenvalue weighted by atomic mass is 9.89. The van der Waals surface area contributed by atoms with E-state index in [1.807, 2.05) is 42.6 Å². The zero-order chi connectivity index (χ0) is 19.8. The maximum atomic E-state index is 12.9. The van der Waals surface area contributed by atoms with Gasteiger partial charge in [-0.2, -0.15) is 0 Å². The first kappa shape index (κ1) is 17.8. The van der Waals surface area contributed by atoms with Gasteiger partial charge in [0.1, 0.15) is 5.69 Å². The molecule has 29 heavy (non-hydrogen) atoms. The maximum absolute atomic E-state index is 12.9. The van der Waals surface area contributed by atoms with Crippen molar-refractivity contribution < 1.29 is 4.79 Å². The molecule has 2 N–H and O–H groups in total. The van der Waals surface area contributed by atoms with Crippen LogP contribution in [0, 0.1) is 0 Å². The summed E-state index contributed by atoms with van der Waals surface area (Å²) >= 11 is 0. The molecule has 0 unspecified atom stereocenters. The molecule has 1 aromatic heterocycles. The third kappa shape index (κ3) is 3.47. The highest BCUT2D eigenvalue weighted by Gasteiger charge is 2.24. The molecule has 0 aliphatic carbocycles. The van der Waals surface area contributed by atoms with E-state index in [-0.39, 0.29) is 5.91 Å². The van der Waals surface area contributed by atoms with Crippen molar-refractivity contribution in [2.24, 2.45) is 0 Å². The van der Waals surface area contributed by atoms with Gasteiger partial charge in [-0.15, -0.1) is 0 Å². The Morgan fingerprint density at radius 1 is 1.14 bits per heavy atom. The van der Waals surface area contributed by atoms with E-state index >= 15 is 0 Å². The lowest BCUT2D eigenvalue weighted by molar-refractivity contribution is 0.102. The van der Waals surface area contributed by atoms with E-state index in [0.29, 0.717) is 11.6 Å². The molecular formula is C23H23N5O. The molecule has 6 nitrogen and oxygen atoms in total. The molecule has 5 rings (SSSR count). The van der Waals surface area contributed by atoms with Gasteiger partial charge in [0, 0.05) is 23.5 Å². The first-order chi connectivity index (χ1) is 14.2. The average Bonchev–Trinajstić information content (AvgIpc) is 3.17. The van der Waals surface area contributed by atoms with Crippen molar-refractivity contribution in [3.63, 3.8) is 0 Å². The summed E-state index contributed by atoms with van der Waals surface area (Å²) in [6.45, 7) is 2.18. The summed E-state index contributed by atoms with van der Waals surface area (Å²) in [6.07, 6.45) is 5.97. The molecule has 0 bridgehead atoms. The van der Waals surface area contributed by atoms with E-state index < -0.39 is 0 Å². The number of nitrogens with one attached hydrogen (secondary N) is 2. The summed E-state index contributed by atoms with van der Waals surface area (Å²) in [6, 6.07) is 13.3. The van der Waals surface area contributed by atoms with Crippen molar-refractivity contribution in [2.75, 3.05) is 25.5 Å². The quantitative estimate of drug-likeness (QED) is 0.556. The topological polar surface area (TPSA) is 73.9 Å². The number of pyridine rings is 2. The molecule has 146 valence electrons. The number of nitrogens with zero attached hydrogens (tertiary/aromatic N) is 3. The number of hydrogen-bond donors (Lipinski definition) is 2. The minimum absolute atomic E-state index is 0.161. The van der Waals surface area contributed by atoms with E-state index in [1.165, 1.54) is 5.56 Å². The predicted octanol–water partition coefficient (Wildman–Crippen LogP) is 4.12. The number of aromatic amines is 1. The molecule has 6 heteroatoms. The molecule has 1 saturated heterocycles. The van der Waals surface area contributed by atoms with Crippen molar-refractivity contribution in [3.05, 3.63) is 66.1 Å². The number of amides is 1. The Hall–Kier alpha value is -3.25. The molecule has 4 heterocycles. The summed E-state index contributed by atoms with van der Waals surface area (Å²) < 4.78 is 0. The molecule has 0 radical (unpaired) electrons. The Balaban J connectivity index is 1.41. The standard InChI is InChI=1S/C23H23N5O/c1-28-11-8-15(9-12-28)18-14-25-20-6-7-21(27-22(18)20)23(29)26-17-4-5-19-16(13-17)3-2-10-24-19/h2-7,10,13-15,27H,8-9,11-12H2,1H3,(H,26,29). The number of rotatable bonds is 3. The maximum Gasteiger partial charge on any atom is 0.272 e. The zero-order valence-corrected chi connectivity index (χ0v) is 16.4. The van der Waals surface area contributed by atoms with E-state index in [1.54, 1.807) is 12.3 Å². The summed E-state index contributed by atoms with van der Waals surface area (Å²) in [5.74, 6) is 0.324. The van der Waals surface area contributed by atoms with Crippen molar-refractivity contribution >= 4 is 22.5 Å². The first-order valence-electron chi connectivity index (χ1n) is 10.00. The molecule has 3 aliphatic rings. The van der Waals surface area contributed by atoms with Gasteiger partial charge in [-0.25, -0.2) is 0 Å². The number of fused-ring (bicyclic) bond motifs is 2. The second-order valence-corrected chi connectivity index (χ2v) is 7.79. The highest BCUT2D eigenvalue weighted by atomic mass is 16.1. The lowest BCUT2D eigenvalue weighted by Crippen LogP contribution is -2.29. The normalized spacial score (nSPS) is 15.8. The van der Waals surface area contributed by atoms with Crippen LogP contribution in [0.25, 0.3) is 22.3 Å². The van der Waals surface area contributed by atoms with Gasteiger partial charge in [0.2, 0.25) is 0 Å². The fourth-order valence-electron chi connectivity index (χ4n) is 4.13. The zero-order valence-electron chi connectivity index (χ0n) is 16.4. The van der Waals surface area contributed by atoms with Gasteiger partial charge in [0.05, 0.1) is 16.9 Å². The molecular weight excluding hydrogens is 362 g/mol. The molecule has 1 amide bonds. The van der Waals surface area contributed by atoms with E-state index in [0.717, 1.165) is 53.9 Å². The molecule has 0 atom stereocenters. The number of H-pyrrole nitrogens is 1. The third-order valence-electron chi connectivity index (χ3n) is 5.82. The number of hydrogen-bond acceptors (Lipinski definition) is 4. The number of aromatic nitrogens is 3. The van der Waals surface area contributed by atoms with Crippen molar-refractivity contribution in [2.45, 2.75) is 18.8 Å². The van der Waals surface area contributed by atoms with Crippen LogP contribution >= 0.6 is 0 Å². The fraction of sp³-hybridized carbons (Fsp3) is 0.261. The highest BCUT2D eigenvalue weighted by Crippen LogP contribution is 2.35. The van der Waals surface area contributed by atoms with Crippen LogP contribution in [0.1, 0.15) is 34.8 Å². The van der Waals surface area contributed by atoms with Crippen LogP contribution < -0.4 is 5.32 Å². The molecule has 0 spiro atoms.